The molecule has 0 aliphatic carbocycles. The molecule has 4 nitrogen and oxygen atoms in total. The van der Waals surface area contributed by atoms with Gasteiger partial charge in [0.05, 0.1) is 0 Å². The van der Waals surface area contributed by atoms with Crippen LogP contribution in [0.3, 0.4) is 0 Å². The highest BCUT2D eigenvalue weighted by Crippen LogP contribution is 2.05. The molecule has 3 N–H and O–H groups in total. The fourth-order valence-electron chi connectivity index (χ4n) is 1.16. The summed E-state index contributed by atoms with van der Waals surface area (Å²) in [6.07, 6.45) is 4.68. The van der Waals surface area contributed by atoms with Gasteiger partial charge in [0, 0.05) is 18.2 Å². The standard InChI is InChI=1S/C13H14N2O2/c1-2-9-15-12(16)8-5-10-3-6-11(7-4-10)13(14)17/h2-8H,1,9H2,(H2,14,17)(H,15,16). The van der Waals surface area contributed by atoms with Crippen molar-refractivity contribution >= 4 is 17.9 Å². The van der Waals surface area contributed by atoms with Gasteiger partial charge in [0.2, 0.25) is 11.8 Å². The zero-order valence-electron chi connectivity index (χ0n) is 9.35. The summed E-state index contributed by atoms with van der Waals surface area (Å²) in [6, 6.07) is 6.67. The number of carbonyl (C=O) groups excluding carboxylic acids is 2. The van der Waals surface area contributed by atoms with Gasteiger partial charge in [0.15, 0.2) is 0 Å². The fourth-order valence-corrected chi connectivity index (χ4v) is 1.16. The lowest BCUT2D eigenvalue weighted by molar-refractivity contribution is -0.116. The number of hydrogen-bond donors (Lipinski definition) is 2. The van der Waals surface area contributed by atoms with Crippen molar-refractivity contribution in [2.45, 2.75) is 0 Å². The van der Waals surface area contributed by atoms with Gasteiger partial charge in [-0.1, -0.05) is 18.2 Å². The average Bonchev–Trinajstić information content (AvgIpc) is 2.34. The molecular formula is C13H14N2O2. The largest absolute Gasteiger partial charge is 0.366 e. The van der Waals surface area contributed by atoms with Crippen LogP contribution in [0.1, 0.15) is 15.9 Å². The van der Waals surface area contributed by atoms with Crippen LogP contribution in [0.4, 0.5) is 0 Å². The Morgan fingerprint density at radius 1 is 1.29 bits per heavy atom. The summed E-state index contributed by atoms with van der Waals surface area (Å²) in [4.78, 5) is 22.1. The number of rotatable bonds is 5. The third-order valence-electron chi connectivity index (χ3n) is 2.04. The maximum atomic E-state index is 11.2. The van der Waals surface area contributed by atoms with Gasteiger partial charge in [-0.15, -0.1) is 6.58 Å². The predicted molar refractivity (Wildman–Crippen MR) is 67.2 cm³/mol. The Kier molecular flexibility index (Phi) is 4.69. The van der Waals surface area contributed by atoms with Gasteiger partial charge >= 0.3 is 0 Å². The normalized spacial score (nSPS) is 10.1. The van der Waals surface area contributed by atoms with Crippen LogP contribution in [-0.2, 0) is 4.79 Å². The lowest BCUT2D eigenvalue weighted by atomic mass is 10.1. The van der Waals surface area contributed by atoms with E-state index in [-0.39, 0.29) is 5.91 Å². The van der Waals surface area contributed by atoms with Crippen LogP contribution in [0, 0.1) is 0 Å². The van der Waals surface area contributed by atoms with Gasteiger partial charge in [-0.2, -0.15) is 0 Å². The number of hydrogen-bond acceptors (Lipinski definition) is 2. The molecule has 0 unspecified atom stereocenters. The number of benzene rings is 1. The number of primary amides is 1. The van der Waals surface area contributed by atoms with Crippen LogP contribution in [0.15, 0.2) is 43.0 Å². The van der Waals surface area contributed by atoms with E-state index in [1.807, 2.05) is 0 Å². The minimum atomic E-state index is -0.468. The summed E-state index contributed by atoms with van der Waals surface area (Å²) in [5.74, 6) is -0.659. The second-order valence-electron chi connectivity index (χ2n) is 3.35. The second kappa shape index (κ2) is 6.27. The molecule has 0 bridgehead atoms. The molecular weight excluding hydrogens is 216 g/mol. The topological polar surface area (TPSA) is 72.2 Å². The van der Waals surface area contributed by atoms with Crippen molar-refractivity contribution in [1.29, 1.82) is 0 Å². The van der Waals surface area contributed by atoms with E-state index in [2.05, 4.69) is 11.9 Å². The number of carbonyl (C=O) groups is 2. The molecule has 0 radical (unpaired) electrons. The van der Waals surface area contributed by atoms with E-state index in [1.165, 1.54) is 6.08 Å². The van der Waals surface area contributed by atoms with E-state index < -0.39 is 5.91 Å². The molecule has 0 aromatic heterocycles. The third kappa shape index (κ3) is 4.34. The Labute approximate surface area is 99.8 Å². The van der Waals surface area contributed by atoms with E-state index in [1.54, 1.807) is 36.4 Å². The molecule has 0 saturated carbocycles. The molecule has 0 heterocycles. The third-order valence-corrected chi connectivity index (χ3v) is 2.04. The fraction of sp³-hybridized carbons (Fsp3) is 0.0769. The van der Waals surface area contributed by atoms with E-state index >= 15 is 0 Å². The van der Waals surface area contributed by atoms with Crippen molar-refractivity contribution < 1.29 is 9.59 Å². The molecule has 0 atom stereocenters. The van der Waals surface area contributed by atoms with Crippen LogP contribution in [0.2, 0.25) is 0 Å². The first-order valence-electron chi connectivity index (χ1n) is 5.10. The van der Waals surface area contributed by atoms with Crippen molar-refractivity contribution in [3.05, 3.63) is 54.1 Å². The van der Waals surface area contributed by atoms with E-state index in [4.69, 9.17) is 5.73 Å². The Morgan fingerprint density at radius 3 is 2.47 bits per heavy atom. The number of nitrogens with two attached hydrogens (primary N) is 1. The van der Waals surface area contributed by atoms with E-state index in [0.717, 1.165) is 5.56 Å². The molecule has 0 fully saturated rings. The summed E-state index contributed by atoms with van der Waals surface area (Å²) in [5, 5.41) is 2.61. The quantitative estimate of drug-likeness (QED) is 0.587. The Morgan fingerprint density at radius 2 is 1.94 bits per heavy atom. The molecule has 88 valence electrons. The minimum absolute atomic E-state index is 0.191. The van der Waals surface area contributed by atoms with Gasteiger partial charge in [-0.05, 0) is 23.8 Å². The predicted octanol–water partition coefficient (Wildman–Crippen LogP) is 1.10. The van der Waals surface area contributed by atoms with E-state index in [0.29, 0.717) is 12.1 Å². The molecule has 2 amide bonds. The van der Waals surface area contributed by atoms with Crippen LogP contribution in [0.25, 0.3) is 6.08 Å². The average molecular weight is 230 g/mol. The van der Waals surface area contributed by atoms with Crippen molar-refractivity contribution in [2.75, 3.05) is 6.54 Å². The second-order valence-corrected chi connectivity index (χ2v) is 3.35. The zero-order valence-corrected chi connectivity index (χ0v) is 9.35. The van der Waals surface area contributed by atoms with Crippen LogP contribution < -0.4 is 11.1 Å². The summed E-state index contributed by atoms with van der Waals surface area (Å²) < 4.78 is 0. The van der Waals surface area contributed by atoms with Gasteiger partial charge < -0.3 is 11.1 Å². The molecule has 1 aromatic rings. The summed E-state index contributed by atoms with van der Waals surface area (Å²) >= 11 is 0. The molecule has 0 aliphatic rings. The van der Waals surface area contributed by atoms with Gasteiger partial charge in [-0.3, -0.25) is 9.59 Å². The number of nitrogens with one attached hydrogen (secondary N) is 1. The van der Waals surface area contributed by atoms with Crippen LogP contribution >= 0.6 is 0 Å². The lowest BCUT2D eigenvalue weighted by Gasteiger charge is -1.97. The van der Waals surface area contributed by atoms with E-state index in [9.17, 15) is 9.59 Å². The highest BCUT2D eigenvalue weighted by Gasteiger charge is 1.98. The highest BCUT2D eigenvalue weighted by molar-refractivity contribution is 5.94. The highest BCUT2D eigenvalue weighted by atomic mass is 16.1. The monoisotopic (exact) mass is 230 g/mol. The summed E-state index contributed by atoms with van der Waals surface area (Å²) in [6.45, 7) is 3.93. The Hall–Kier alpha value is -2.36. The van der Waals surface area contributed by atoms with Crippen molar-refractivity contribution in [1.82, 2.24) is 5.32 Å². The summed E-state index contributed by atoms with van der Waals surface area (Å²) in [7, 11) is 0. The van der Waals surface area contributed by atoms with Crippen LogP contribution in [0.5, 0.6) is 0 Å². The SMILES string of the molecule is C=CCNC(=O)C=Cc1ccc(C(N)=O)cc1. The smallest absolute Gasteiger partial charge is 0.248 e. The summed E-state index contributed by atoms with van der Waals surface area (Å²) in [5.41, 5.74) is 6.38. The molecule has 4 heteroatoms. The first-order valence-corrected chi connectivity index (χ1v) is 5.10. The molecule has 0 aliphatic heterocycles. The van der Waals surface area contributed by atoms with Crippen molar-refractivity contribution in [2.24, 2.45) is 5.73 Å². The Bertz CT molecular complexity index is 447. The maximum absolute atomic E-state index is 11.2. The van der Waals surface area contributed by atoms with Gasteiger partial charge in [0.25, 0.3) is 0 Å². The van der Waals surface area contributed by atoms with Gasteiger partial charge in [-0.25, -0.2) is 0 Å². The van der Waals surface area contributed by atoms with Crippen molar-refractivity contribution in [3.63, 3.8) is 0 Å². The first kappa shape index (κ1) is 12.7. The molecule has 1 aromatic carbocycles. The number of amides is 2. The van der Waals surface area contributed by atoms with Crippen molar-refractivity contribution in [3.8, 4) is 0 Å². The maximum Gasteiger partial charge on any atom is 0.248 e. The lowest BCUT2D eigenvalue weighted by Crippen LogP contribution is -2.20. The van der Waals surface area contributed by atoms with Gasteiger partial charge in [0.1, 0.15) is 0 Å². The zero-order chi connectivity index (χ0) is 12.7. The first-order chi connectivity index (χ1) is 8.13. The van der Waals surface area contributed by atoms with Crippen LogP contribution in [-0.4, -0.2) is 18.4 Å². The molecule has 0 spiro atoms. The molecule has 1 rings (SSSR count). The minimum Gasteiger partial charge on any atom is -0.366 e. The molecule has 17 heavy (non-hydrogen) atoms. The Balaban J connectivity index is 2.62. The molecule has 0 saturated heterocycles.